The first-order valence-corrected chi connectivity index (χ1v) is 6.00. The van der Waals surface area contributed by atoms with Crippen molar-refractivity contribution in [2.24, 2.45) is 0 Å². The Hall–Kier alpha value is -2.27. The molecule has 0 spiro atoms. The second-order valence-electron chi connectivity index (χ2n) is 3.47. The molecule has 0 fully saturated rings. The number of hydrogen-bond donors (Lipinski definition) is 1. The number of carbonyl (C=O) groups is 2. The number of carboxylic acids is 1. The lowest BCUT2D eigenvalue weighted by atomic mass is 10.1. The average Bonchev–Trinajstić information content (AvgIpc) is 2.90. The highest BCUT2D eigenvalue weighted by atomic mass is 32.1. The molecule has 1 N–H and O–H groups in total. The molecule has 0 atom stereocenters. The SMILES string of the molecule is O=C(O)c1cccc(C=CC(=O)c2nccs2)c1. The van der Waals surface area contributed by atoms with E-state index in [9.17, 15) is 9.59 Å². The summed E-state index contributed by atoms with van der Waals surface area (Å²) in [5.74, 6) is -1.18. The van der Waals surface area contributed by atoms with Gasteiger partial charge in [-0.05, 0) is 23.8 Å². The average molecular weight is 259 g/mol. The minimum atomic E-state index is -0.989. The van der Waals surface area contributed by atoms with Crippen LogP contribution in [0.4, 0.5) is 0 Å². The molecule has 90 valence electrons. The minimum absolute atomic E-state index is 0.189. The van der Waals surface area contributed by atoms with E-state index in [1.54, 1.807) is 29.8 Å². The van der Waals surface area contributed by atoms with Crippen molar-refractivity contribution in [3.8, 4) is 0 Å². The zero-order chi connectivity index (χ0) is 13.0. The third-order valence-corrected chi connectivity index (χ3v) is 2.99. The zero-order valence-corrected chi connectivity index (χ0v) is 10.1. The smallest absolute Gasteiger partial charge is 0.335 e. The van der Waals surface area contributed by atoms with Crippen LogP contribution in [0.2, 0.25) is 0 Å². The van der Waals surface area contributed by atoms with Crippen LogP contribution in [0.3, 0.4) is 0 Å². The van der Waals surface area contributed by atoms with E-state index >= 15 is 0 Å². The molecule has 0 saturated carbocycles. The van der Waals surface area contributed by atoms with Gasteiger partial charge in [0, 0.05) is 11.6 Å². The van der Waals surface area contributed by atoms with Gasteiger partial charge in [-0.2, -0.15) is 0 Å². The van der Waals surface area contributed by atoms with Gasteiger partial charge in [0.2, 0.25) is 5.78 Å². The highest BCUT2D eigenvalue weighted by Crippen LogP contribution is 2.10. The molecule has 0 aliphatic heterocycles. The molecule has 1 heterocycles. The molecule has 1 aromatic heterocycles. The van der Waals surface area contributed by atoms with Crippen molar-refractivity contribution < 1.29 is 14.7 Å². The molecule has 18 heavy (non-hydrogen) atoms. The second kappa shape index (κ2) is 5.37. The molecule has 0 aliphatic carbocycles. The predicted octanol–water partition coefficient (Wildman–Crippen LogP) is 2.74. The van der Waals surface area contributed by atoms with Gasteiger partial charge in [-0.25, -0.2) is 9.78 Å². The molecule has 2 aromatic rings. The number of benzene rings is 1. The van der Waals surface area contributed by atoms with Gasteiger partial charge in [-0.3, -0.25) is 4.79 Å². The first-order valence-electron chi connectivity index (χ1n) is 5.12. The third kappa shape index (κ3) is 2.89. The lowest BCUT2D eigenvalue weighted by Crippen LogP contribution is -1.96. The summed E-state index contributed by atoms with van der Waals surface area (Å²) in [6.45, 7) is 0. The second-order valence-corrected chi connectivity index (χ2v) is 4.36. The lowest BCUT2D eigenvalue weighted by molar-refractivity contribution is 0.0696. The Bertz CT molecular complexity index is 602. The molecule has 5 heteroatoms. The standard InChI is InChI=1S/C13H9NO3S/c15-11(12-14-6-7-18-12)5-4-9-2-1-3-10(8-9)13(16)17/h1-8H,(H,16,17). The molecule has 0 aliphatic rings. The van der Waals surface area contributed by atoms with E-state index in [1.165, 1.54) is 29.5 Å². The number of allylic oxidation sites excluding steroid dienone is 1. The number of aromatic nitrogens is 1. The first kappa shape index (κ1) is 12.2. The summed E-state index contributed by atoms with van der Waals surface area (Å²) in [4.78, 5) is 26.3. The van der Waals surface area contributed by atoms with Gasteiger partial charge in [0.05, 0.1) is 5.56 Å². The molecular formula is C13H9NO3S. The summed E-state index contributed by atoms with van der Waals surface area (Å²) in [6.07, 6.45) is 4.53. The molecule has 4 nitrogen and oxygen atoms in total. The van der Waals surface area contributed by atoms with E-state index in [0.717, 1.165) is 0 Å². The Balaban J connectivity index is 2.16. The van der Waals surface area contributed by atoms with Gasteiger partial charge >= 0.3 is 5.97 Å². The maximum Gasteiger partial charge on any atom is 0.335 e. The van der Waals surface area contributed by atoms with Crippen molar-refractivity contribution in [2.45, 2.75) is 0 Å². The Morgan fingerprint density at radius 3 is 2.83 bits per heavy atom. The van der Waals surface area contributed by atoms with E-state index in [0.29, 0.717) is 10.6 Å². The minimum Gasteiger partial charge on any atom is -0.478 e. The fraction of sp³-hybridized carbons (Fsp3) is 0. The van der Waals surface area contributed by atoms with Crippen LogP contribution in [0, 0.1) is 0 Å². The molecular weight excluding hydrogens is 250 g/mol. The fourth-order valence-corrected chi connectivity index (χ4v) is 1.92. The highest BCUT2D eigenvalue weighted by molar-refractivity contribution is 7.11. The number of ketones is 1. The molecule has 2 rings (SSSR count). The first-order chi connectivity index (χ1) is 8.66. The number of nitrogens with zero attached hydrogens (tertiary/aromatic N) is 1. The molecule has 0 unspecified atom stereocenters. The van der Waals surface area contributed by atoms with E-state index in [2.05, 4.69) is 4.98 Å². The fourth-order valence-electron chi connectivity index (χ4n) is 1.36. The summed E-state index contributed by atoms with van der Waals surface area (Å²) in [5, 5.41) is 11.0. The Morgan fingerprint density at radius 1 is 1.33 bits per heavy atom. The van der Waals surface area contributed by atoms with Crippen LogP contribution < -0.4 is 0 Å². The van der Waals surface area contributed by atoms with Crippen molar-refractivity contribution in [1.29, 1.82) is 0 Å². The van der Waals surface area contributed by atoms with Gasteiger partial charge in [-0.15, -0.1) is 11.3 Å². The maximum atomic E-state index is 11.6. The summed E-state index contributed by atoms with van der Waals surface area (Å²) in [7, 11) is 0. The van der Waals surface area contributed by atoms with E-state index in [-0.39, 0.29) is 11.3 Å². The number of aromatic carboxylic acids is 1. The van der Waals surface area contributed by atoms with Crippen LogP contribution in [0.1, 0.15) is 25.7 Å². The summed E-state index contributed by atoms with van der Waals surface area (Å²) < 4.78 is 0. The van der Waals surface area contributed by atoms with Crippen LogP contribution in [0.5, 0.6) is 0 Å². The number of hydrogen-bond acceptors (Lipinski definition) is 4. The van der Waals surface area contributed by atoms with Crippen LogP contribution >= 0.6 is 11.3 Å². The quantitative estimate of drug-likeness (QED) is 0.677. The Labute approximate surface area is 107 Å². The molecule has 0 radical (unpaired) electrons. The van der Waals surface area contributed by atoms with Crippen LogP contribution in [0.25, 0.3) is 6.08 Å². The number of thiazole rings is 1. The van der Waals surface area contributed by atoms with E-state index in [4.69, 9.17) is 5.11 Å². The topological polar surface area (TPSA) is 67.3 Å². The number of carboxylic acid groups (broad SMARTS) is 1. The molecule has 0 bridgehead atoms. The van der Waals surface area contributed by atoms with Gasteiger partial charge in [0.15, 0.2) is 5.01 Å². The van der Waals surface area contributed by atoms with Crippen molar-refractivity contribution >= 4 is 29.2 Å². The lowest BCUT2D eigenvalue weighted by Gasteiger charge is -1.96. The normalized spacial score (nSPS) is 10.7. The highest BCUT2D eigenvalue weighted by Gasteiger charge is 2.04. The van der Waals surface area contributed by atoms with Crippen molar-refractivity contribution in [3.63, 3.8) is 0 Å². The molecule has 0 amide bonds. The molecule has 0 saturated heterocycles. The third-order valence-electron chi connectivity index (χ3n) is 2.20. The van der Waals surface area contributed by atoms with Crippen molar-refractivity contribution in [1.82, 2.24) is 4.98 Å². The van der Waals surface area contributed by atoms with Crippen LogP contribution in [-0.4, -0.2) is 21.8 Å². The van der Waals surface area contributed by atoms with Crippen LogP contribution in [-0.2, 0) is 0 Å². The summed E-state index contributed by atoms with van der Waals surface area (Å²) in [5.41, 5.74) is 0.860. The van der Waals surface area contributed by atoms with Crippen molar-refractivity contribution in [2.75, 3.05) is 0 Å². The summed E-state index contributed by atoms with van der Waals surface area (Å²) >= 11 is 1.27. The number of carbonyl (C=O) groups excluding carboxylic acids is 1. The van der Waals surface area contributed by atoms with E-state index < -0.39 is 5.97 Å². The van der Waals surface area contributed by atoms with Crippen molar-refractivity contribution in [3.05, 3.63) is 58.1 Å². The Kier molecular flexibility index (Phi) is 3.64. The van der Waals surface area contributed by atoms with Crippen LogP contribution in [0.15, 0.2) is 41.9 Å². The number of rotatable bonds is 4. The monoisotopic (exact) mass is 259 g/mol. The van der Waals surface area contributed by atoms with Gasteiger partial charge < -0.3 is 5.11 Å². The van der Waals surface area contributed by atoms with Gasteiger partial charge in [-0.1, -0.05) is 18.2 Å². The maximum absolute atomic E-state index is 11.6. The summed E-state index contributed by atoms with van der Waals surface area (Å²) in [6, 6.07) is 6.38. The van der Waals surface area contributed by atoms with Gasteiger partial charge in [0.1, 0.15) is 0 Å². The van der Waals surface area contributed by atoms with E-state index in [1.807, 2.05) is 0 Å². The predicted molar refractivity (Wildman–Crippen MR) is 68.9 cm³/mol. The molecule has 1 aromatic carbocycles. The largest absolute Gasteiger partial charge is 0.478 e. The van der Waals surface area contributed by atoms with Gasteiger partial charge in [0.25, 0.3) is 0 Å². The zero-order valence-electron chi connectivity index (χ0n) is 9.24. The Morgan fingerprint density at radius 2 is 2.17 bits per heavy atom.